The Balaban J connectivity index is 1.78. The lowest BCUT2D eigenvalue weighted by Crippen LogP contribution is -2.32. The molecule has 3 rings (SSSR count). The van der Waals surface area contributed by atoms with Crippen LogP contribution in [0, 0.1) is 20.8 Å². The second-order valence-corrected chi connectivity index (χ2v) is 8.14. The number of aromatic amines is 1. The minimum Gasteiger partial charge on any atom is -0.341 e. The zero-order valence-corrected chi connectivity index (χ0v) is 15.7. The largest absolute Gasteiger partial charge is 0.341 e. The molecule has 9 heteroatoms. The molecule has 0 atom stereocenters. The number of aromatic nitrogens is 4. The standard InChI is InChI=1S/C16H24N6O2S/c1-11-9-14(19-16(18-11)22-7-5-4-6-8-22)10-17-25(23,24)15-12(2)20-21-13(15)3/h9,17H,4-8,10H2,1-3H3,(H,20,21). The van der Waals surface area contributed by atoms with Crippen molar-refractivity contribution in [2.45, 2.75) is 51.5 Å². The number of aryl methyl sites for hydroxylation is 3. The highest BCUT2D eigenvalue weighted by atomic mass is 32.2. The number of nitrogens with zero attached hydrogens (tertiary/aromatic N) is 4. The molecule has 2 aromatic rings. The molecule has 2 N–H and O–H groups in total. The van der Waals surface area contributed by atoms with Crippen molar-refractivity contribution < 1.29 is 8.42 Å². The van der Waals surface area contributed by atoms with Gasteiger partial charge in [0.1, 0.15) is 4.90 Å². The molecule has 2 aromatic heterocycles. The van der Waals surface area contributed by atoms with Crippen LogP contribution >= 0.6 is 0 Å². The third-order valence-electron chi connectivity index (χ3n) is 4.31. The van der Waals surface area contributed by atoms with Crippen molar-refractivity contribution in [1.82, 2.24) is 24.9 Å². The van der Waals surface area contributed by atoms with E-state index in [0.717, 1.165) is 31.6 Å². The topological polar surface area (TPSA) is 104 Å². The zero-order valence-electron chi connectivity index (χ0n) is 14.8. The molecule has 0 aromatic carbocycles. The van der Waals surface area contributed by atoms with Gasteiger partial charge < -0.3 is 4.90 Å². The molecule has 1 saturated heterocycles. The summed E-state index contributed by atoms with van der Waals surface area (Å²) < 4.78 is 27.7. The molecule has 0 radical (unpaired) electrons. The molecule has 0 spiro atoms. The van der Waals surface area contributed by atoms with E-state index in [1.54, 1.807) is 13.8 Å². The first-order valence-corrected chi connectivity index (χ1v) is 9.96. The first-order valence-electron chi connectivity index (χ1n) is 8.47. The number of hydrogen-bond donors (Lipinski definition) is 2. The van der Waals surface area contributed by atoms with Crippen LogP contribution in [-0.4, -0.2) is 41.7 Å². The van der Waals surface area contributed by atoms with E-state index >= 15 is 0 Å². The summed E-state index contributed by atoms with van der Waals surface area (Å²) in [4.78, 5) is 11.4. The Labute approximate surface area is 148 Å². The molecule has 0 bridgehead atoms. The van der Waals surface area contributed by atoms with Gasteiger partial charge in [-0.25, -0.2) is 23.1 Å². The maximum Gasteiger partial charge on any atom is 0.244 e. The van der Waals surface area contributed by atoms with Crippen LogP contribution in [0.5, 0.6) is 0 Å². The summed E-state index contributed by atoms with van der Waals surface area (Å²) in [6, 6.07) is 1.81. The highest BCUT2D eigenvalue weighted by molar-refractivity contribution is 7.89. The summed E-state index contributed by atoms with van der Waals surface area (Å²) in [5.74, 6) is 0.685. The SMILES string of the molecule is Cc1cc(CNS(=O)(=O)c2c(C)n[nH]c2C)nc(N2CCCCC2)n1. The van der Waals surface area contributed by atoms with Crippen LogP contribution in [0.4, 0.5) is 5.95 Å². The maximum atomic E-state index is 12.6. The van der Waals surface area contributed by atoms with Crippen LogP contribution in [0.1, 0.15) is 42.0 Å². The van der Waals surface area contributed by atoms with Gasteiger partial charge in [0.15, 0.2) is 0 Å². The Bertz CT molecular complexity index is 836. The maximum absolute atomic E-state index is 12.6. The minimum atomic E-state index is -3.64. The van der Waals surface area contributed by atoms with Gasteiger partial charge in [0.25, 0.3) is 0 Å². The van der Waals surface area contributed by atoms with Crippen molar-refractivity contribution in [1.29, 1.82) is 0 Å². The van der Waals surface area contributed by atoms with Gasteiger partial charge in [-0.1, -0.05) is 0 Å². The van der Waals surface area contributed by atoms with Crippen LogP contribution in [-0.2, 0) is 16.6 Å². The van der Waals surface area contributed by atoms with E-state index in [1.165, 1.54) is 6.42 Å². The van der Waals surface area contributed by atoms with Crippen molar-refractivity contribution in [3.8, 4) is 0 Å². The highest BCUT2D eigenvalue weighted by Crippen LogP contribution is 2.18. The molecule has 0 saturated carbocycles. The Morgan fingerprint density at radius 3 is 2.52 bits per heavy atom. The number of hydrogen-bond acceptors (Lipinski definition) is 6. The lowest BCUT2D eigenvalue weighted by molar-refractivity contribution is 0.565. The summed E-state index contributed by atoms with van der Waals surface area (Å²) in [6.07, 6.45) is 3.51. The molecule has 3 heterocycles. The molecule has 1 aliphatic rings. The molecule has 25 heavy (non-hydrogen) atoms. The van der Waals surface area contributed by atoms with Gasteiger partial charge in [-0.3, -0.25) is 5.10 Å². The van der Waals surface area contributed by atoms with Crippen LogP contribution in [0.25, 0.3) is 0 Å². The lowest BCUT2D eigenvalue weighted by Gasteiger charge is -2.27. The number of rotatable bonds is 5. The van der Waals surface area contributed by atoms with E-state index < -0.39 is 10.0 Å². The van der Waals surface area contributed by atoms with Crippen molar-refractivity contribution in [2.24, 2.45) is 0 Å². The average Bonchev–Trinajstić information content (AvgIpc) is 2.93. The minimum absolute atomic E-state index is 0.122. The monoisotopic (exact) mass is 364 g/mol. The Morgan fingerprint density at radius 2 is 1.88 bits per heavy atom. The van der Waals surface area contributed by atoms with Gasteiger partial charge in [-0.2, -0.15) is 5.10 Å². The summed E-state index contributed by atoms with van der Waals surface area (Å²) in [7, 11) is -3.64. The fourth-order valence-electron chi connectivity index (χ4n) is 3.12. The quantitative estimate of drug-likeness (QED) is 0.835. The van der Waals surface area contributed by atoms with Crippen molar-refractivity contribution in [2.75, 3.05) is 18.0 Å². The molecular formula is C16H24N6O2S. The van der Waals surface area contributed by atoms with Crippen LogP contribution < -0.4 is 9.62 Å². The van der Waals surface area contributed by atoms with Gasteiger partial charge in [-0.05, 0) is 46.1 Å². The number of sulfonamides is 1. The molecule has 1 aliphatic heterocycles. The molecule has 0 aliphatic carbocycles. The Morgan fingerprint density at radius 1 is 1.16 bits per heavy atom. The third kappa shape index (κ3) is 3.98. The predicted octanol–water partition coefficient (Wildman–Crippen LogP) is 1.59. The predicted molar refractivity (Wildman–Crippen MR) is 94.9 cm³/mol. The summed E-state index contributed by atoms with van der Waals surface area (Å²) in [6.45, 7) is 7.28. The molecule has 0 amide bonds. The number of piperidine rings is 1. The molecule has 1 fully saturated rings. The van der Waals surface area contributed by atoms with Crippen LogP contribution in [0.15, 0.2) is 11.0 Å². The van der Waals surface area contributed by atoms with E-state index in [4.69, 9.17) is 0 Å². The first kappa shape index (κ1) is 17.8. The van der Waals surface area contributed by atoms with E-state index in [1.807, 2.05) is 13.0 Å². The third-order valence-corrected chi connectivity index (χ3v) is 5.97. The molecular weight excluding hydrogens is 340 g/mol. The lowest BCUT2D eigenvalue weighted by atomic mass is 10.1. The fourth-order valence-corrected chi connectivity index (χ4v) is 4.49. The first-order chi connectivity index (χ1) is 11.9. The molecule has 136 valence electrons. The summed E-state index contributed by atoms with van der Waals surface area (Å²) >= 11 is 0. The zero-order chi connectivity index (χ0) is 18.0. The van der Waals surface area contributed by atoms with Gasteiger partial charge in [0, 0.05) is 18.8 Å². The van der Waals surface area contributed by atoms with Crippen LogP contribution in [0.3, 0.4) is 0 Å². The summed E-state index contributed by atoms with van der Waals surface area (Å²) in [5.41, 5.74) is 2.48. The Hall–Kier alpha value is -2.00. The van der Waals surface area contributed by atoms with Gasteiger partial charge in [-0.15, -0.1) is 0 Å². The van der Waals surface area contributed by atoms with Crippen molar-refractivity contribution in [3.63, 3.8) is 0 Å². The van der Waals surface area contributed by atoms with Gasteiger partial charge >= 0.3 is 0 Å². The number of anilines is 1. The second kappa shape index (κ2) is 7.09. The Kier molecular flexibility index (Phi) is 5.05. The van der Waals surface area contributed by atoms with E-state index in [0.29, 0.717) is 23.0 Å². The van der Waals surface area contributed by atoms with Gasteiger partial charge in [0.2, 0.25) is 16.0 Å². The smallest absolute Gasteiger partial charge is 0.244 e. The molecule has 0 unspecified atom stereocenters. The van der Waals surface area contributed by atoms with Crippen molar-refractivity contribution in [3.05, 3.63) is 28.8 Å². The van der Waals surface area contributed by atoms with E-state index in [9.17, 15) is 8.42 Å². The average molecular weight is 364 g/mol. The summed E-state index contributed by atoms with van der Waals surface area (Å²) in [5, 5.41) is 6.65. The van der Waals surface area contributed by atoms with E-state index in [-0.39, 0.29) is 11.4 Å². The normalized spacial score (nSPS) is 15.6. The van der Waals surface area contributed by atoms with E-state index in [2.05, 4.69) is 29.8 Å². The van der Waals surface area contributed by atoms with Crippen LogP contribution in [0.2, 0.25) is 0 Å². The second-order valence-electron chi connectivity index (χ2n) is 6.44. The number of nitrogens with one attached hydrogen (secondary N) is 2. The fraction of sp³-hybridized carbons (Fsp3) is 0.562. The number of H-pyrrole nitrogens is 1. The molecule has 8 nitrogen and oxygen atoms in total. The van der Waals surface area contributed by atoms with Crippen molar-refractivity contribution >= 4 is 16.0 Å². The highest BCUT2D eigenvalue weighted by Gasteiger charge is 2.22. The van der Waals surface area contributed by atoms with Gasteiger partial charge in [0.05, 0.1) is 23.6 Å².